The van der Waals surface area contributed by atoms with E-state index in [1.54, 1.807) is 11.3 Å². The highest BCUT2D eigenvalue weighted by molar-refractivity contribution is 7.09. The normalized spacial score (nSPS) is 25.5. The third-order valence-electron chi connectivity index (χ3n) is 3.29. The van der Waals surface area contributed by atoms with Gasteiger partial charge in [0.2, 0.25) is 0 Å². The van der Waals surface area contributed by atoms with Crippen molar-refractivity contribution in [3.63, 3.8) is 0 Å². The summed E-state index contributed by atoms with van der Waals surface area (Å²) >= 11 is 1.79. The maximum atomic E-state index is 6.10. The van der Waals surface area contributed by atoms with Crippen LogP contribution in [0.4, 0.5) is 0 Å². The molecule has 2 atom stereocenters. The molecule has 4 heteroatoms. The lowest BCUT2D eigenvalue weighted by Crippen LogP contribution is -2.23. The van der Waals surface area contributed by atoms with E-state index in [0.717, 1.165) is 19.4 Å². The van der Waals surface area contributed by atoms with Crippen molar-refractivity contribution in [3.8, 4) is 0 Å². The first-order valence-corrected chi connectivity index (χ1v) is 6.89. The zero-order valence-electron chi connectivity index (χ0n) is 10.1. The van der Waals surface area contributed by atoms with E-state index < -0.39 is 0 Å². The van der Waals surface area contributed by atoms with E-state index in [1.807, 2.05) is 0 Å². The SMILES string of the molecule is CN(C)CCc1nc(C2CCCC2N)cs1. The van der Waals surface area contributed by atoms with Gasteiger partial charge in [0.05, 0.1) is 10.7 Å². The highest BCUT2D eigenvalue weighted by Gasteiger charge is 2.27. The van der Waals surface area contributed by atoms with Crippen LogP contribution in [0.1, 0.15) is 35.9 Å². The van der Waals surface area contributed by atoms with Crippen LogP contribution in [0.3, 0.4) is 0 Å². The Balaban J connectivity index is 1.96. The zero-order valence-corrected chi connectivity index (χ0v) is 11.0. The number of thiazole rings is 1. The molecular weight excluding hydrogens is 218 g/mol. The van der Waals surface area contributed by atoms with Gasteiger partial charge in [-0.05, 0) is 26.9 Å². The fourth-order valence-corrected chi connectivity index (χ4v) is 3.14. The molecule has 0 aliphatic heterocycles. The summed E-state index contributed by atoms with van der Waals surface area (Å²) in [5.41, 5.74) is 7.34. The molecule has 0 radical (unpaired) electrons. The topological polar surface area (TPSA) is 42.2 Å². The van der Waals surface area contributed by atoms with E-state index in [9.17, 15) is 0 Å². The van der Waals surface area contributed by atoms with Crippen LogP contribution >= 0.6 is 11.3 Å². The smallest absolute Gasteiger partial charge is 0.0941 e. The molecule has 2 N–H and O–H groups in total. The molecule has 1 aromatic heterocycles. The number of rotatable bonds is 4. The van der Waals surface area contributed by atoms with Crippen LogP contribution in [-0.2, 0) is 6.42 Å². The predicted octanol–water partition coefficient (Wildman–Crippen LogP) is 1.84. The Bertz CT molecular complexity index is 335. The largest absolute Gasteiger partial charge is 0.327 e. The second-order valence-corrected chi connectivity index (χ2v) is 5.86. The van der Waals surface area contributed by atoms with Gasteiger partial charge >= 0.3 is 0 Å². The Labute approximate surface area is 102 Å². The van der Waals surface area contributed by atoms with Crippen molar-refractivity contribution in [3.05, 3.63) is 16.1 Å². The van der Waals surface area contributed by atoms with Crippen LogP contribution in [0.15, 0.2) is 5.38 Å². The maximum absolute atomic E-state index is 6.10. The van der Waals surface area contributed by atoms with Crippen molar-refractivity contribution in [1.82, 2.24) is 9.88 Å². The predicted molar refractivity (Wildman–Crippen MR) is 68.9 cm³/mol. The van der Waals surface area contributed by atoms with Crippen molar-refractivity contribution in [2.75, 3.05) is 20.6 Å². The van der Waals surface area contributed by atoms with Gasteiger partial charge in [-0.1, -0.05) is 6.42 Å². The van der Waals surface area contributed by atoms with Crippen LogP contribution in [0.5, 0.6) is 0 Å². The summed E-state index contributed by atoms with van der Waals surface area (Å²) in [6.07, 6.45) is 4.70. The van der Waals surface area contributed by atoms with Crippen molar-refractivity contribution in [2.24, 2.45) is 5.73 Å². The highest BCUT2D eigenvalue weighted by Crippen LogP contribution is 2.33. The van der Waals surface area contributed by atoms with Crippen LogP contribution in [0.2, 0.25) is 0 Å². The standard InChI is InChI=1S/C12H21N3S/c1-15(2)7-6-12-14-11(8-16-12)9-4-3-5-10(9)13/h8-10H,3-7,13H2,1-2H3. The van der Waals surface area contributed by atoms with Crippen molar-refractivity contribution in [2.45, 2.75) is 37.6 Å². The van der Waals surface area contributed by atoms with Gasteiger partial charge in [0.1, 0.15) is 0 Å². The third kappa shape index (κ3) is 2.81. The van der Waals surface area contributed by atoms with E-state index in [4.69, 9.17) is 10.7 Å². The monoisotopic (exact) mass is 239 g/mol. The average Bonchev–Trinajstić information content (AvgIpc) is 2.83. The number of hydrogen-bond donors (Lipinski definition) is 1. The number of nitrogens with zero attached hydrogens (tertiary/aromatic N) is 2. The zero-order chi connectivity index (χ0) is 11.5. The molecule has 1 fully saturated rings. The Morgan fingerprint density at radius 2 is 2.31 bits per heavy atom. The van der Waals surface area contributed by atoms with Crippen molar-refractivity contribution in [1.29, 1.82) is 0 Å². The van der Waals surface area contributed by atoms with E-state index in [-0.39, 0.29) is 0 Å². The van der Waals surface area contributed by atoms with E-state index in [2.05, 4.69) is 24.4 Å². The fraction of sp³-hybridized carbons (Fsp3) is 0.750. The van der Waals surface area contributed by atoms with Gasteiger partial charge in [0.15, 0.2) is 0 Å². The van der Waals surface area contributed by atoms with Crippen molar-refractivity contribution >= 4 is 11.3 Å². The Morgan fingerprint density at radius 1 is 1.50 bits per heavy atom. The molecule has 2 rings (SSSR count). The first-order valence-electron chi connectivity index (χ1n) is 6.01. The molecule has 16 heavy (non-hydrogen) atoms. The number of nitrogens with two attached hydrogens (primary N) is 1. The number of aromatic nitrogens is 1. The second kappa shape index (κ2) is 5.25. The molecule has 1 heterocycles. The molecule has 2 unspecified atom stereocenters. The van der Waals surface area contributed by atoms with Gasteiger partial charge in [-0.15, -0.1) is 11.3 Å². The van der Waals surface area contributed by atoms with Crippen LogP contribution in [0.25, 0.3) is 0 Å². The van der Waals surface area contributed by atoms with E-state index >= 15 is 0 Å². The number of hydrogen-bond acceptors (Lipinski definition) is 4. The Kier molecular flexibility index (Phi) is 3.95. The Morgan fingerprint density at radius 3 is 2.94 bits per heavy atom. The molecule has 90 valence electrons. The molecule has 0 bridgehead atoms. The summed E-state index contributed by atoms with van der Waals surface area (Å²) in [6.45, 7) is 1.07. The molecule has 0 amide bonds. The summed E-state index contributed by atoms with van der Waals surface area (Å²) in [4.78, 5) is 6.92. The molecule has 0 aromatic carbocycles. The van der Waals surface area contributed by atoms with Gasteiger partial charge in [-0.25, -0.2) is 4.98 Å². The molecule has 0 saturated heterocycles. The molecule has 1 saturated carbocycles. The fourth-order valence-electron chi connectivity index (χ4n) is 2.29. The van der Waals surface area contributed by atoms with Crippen molar-refractivity contribution < 1.29 is 0 Å². The average molecular weight is 239 g/mol. The summed E-state index contributed by atoms with van der Waals surface area (Å²) in [7, 11) is 4.20. The van der Waals surface area contributed by atoms with Gasteiger partial charge in [-0.3, -0.25) is 0 Å². The number of likely N-dealkylation sites (N-methyl/N-ethyl adjacent to an activating group) is 1. The molecule has 0 spiro atoms. The molecule has 1 aliphatic rings. The molecule has 1 aromatic rings. The second-order valence-electron chi connectivity index (χ2n) is 4.92. The summed E-state index contributed by atoms with van der Waals surface area (Å²) in [6, 6.07) is 0.337. The third-order valence-corrected chi connectivity index (χ3v) is 4.22. The molecule has 1 aliphatic carbocycles. The van der Waals surface area contributed by atoms with Gasteiger partial charge in [-0.2, -0.15) is 0 Å². The highest BCUT2D eigenvalue weighted by atomic mass is 32.1. The maximum Gasteiger partial charge on any atom is 0.0941 e. The molecular formula is C12H21N3S. The summed E-state index contributed by atoms with van der Waals surface area (Å²) in [5, 5.41) is 3.46. The lowest BCUT2D eigenvalue weighted by molar-refractivity contribution is 0.413. The van der Waals surface area contributed by atoms with Crippen LogP contribution in [-0.4, -0.2) is 36.6 Å². The lowest BCUT2D eigenvalue weighted by atomic mass is 10.0. The quantitative estimate of drug-likeness (QED) is 0.872. The van der Waals surface area contributed by atoms with Gasteiger partial charge in [0.25, 0.3) is 0 Å². The first kappa shape index (κ1) is 12.0. The summed E-state index contributed by atoms with van der Waals surface area (Å²) in [5.74, 6) is 0.518. The minimum Gasteiger partial charge on any atom is -0.327 e. The molecule has 3 nitrogen and oxygen atoms in total. The van der Waals surface area contributed by atoms with Crippen LogP contribution < -0.4 is 5.73 Å². The minimum absolute atomic E-state index is 0.337. The lowest BCUT2D eigenvalue weighted by Gasteiger charge is -2.12. The van der Waals surface area contributed by atoms with Gasteiger partial charge in [0, 0.05) is 30.3 Å². The van der Waals surface area contributed by atoms with Crippen LogP contribution in [0, 0.1) is 0 Å². The minimum atomic E-state index is 0.337. The van der Waals surface area contributed by atoms with E-state index in [0.29, 0.717) is 12.0 Å². The van der Waals surface area contributed by atoms with Gasteiger partial charge < -0.3 is 10.6 Å². The summed E-state index contributed by atoms with van der Waals surface area (Å²) < 4.78 is 0. The first-order chi connectivity index (χ1) is 7.66. The van der Waals surface area contributed by atoms with E-state index in [1.165, 1.54) is 23.5 Å². The Hall–Kier alpha value is -0.450.